The molecule has 0 aromatic heterocycles. The molecule has 0 atom stereocenters. The number of carbonyl (C=O) groups is 2. The summed E-state index contributed by atoms with van der Waals surface area (Å²) in [5.74, 6) is 0.243. The maximum atomic E-state index is 12.0. The van der Waals surface area contributed by atoms with Crippen molar-refractivity contribution in [2.75, 3.05) is 6.61 Å². The van der Waals surface area contributed by atoms with E-state index >= 15 is 0 Å². The highest BCUT2D eigenvalue weighted by molar-refractivity contribution is 5.95. The normalized spacial score (nSPS) is 12.6. The lowest BCUT2D eigenvalue weighted by molar-refractivity contribution is -0.208. The topological polar surface area (TPSA) is 61.8 Å². The van der Waals surface area contributed by atoms with E-state index in [-0.39, 0.29) is 18.0 Å². The minimum atomic E-state index is -0.624. The number of Topliss-reactive ketones (excluding diaryl/α,β-unsaturated/α-hetero) is 1. The molecule has 1 aliphatic carbocycles. The molecule has 0 radical (unpaired) electrons. The Labute approximate surface area is 227 Å². The van der Waals surface area contributed by atoms with Gasteiger partial charge in [0.25, 0.3) is 0 Å². The van der Waals surface area contributed by atoms with Gasteiger partial charge in [-0.1, -0.05) is 86.0 Å². The molecule has 4 aromatic carbocycles. The highest BCUT2D eigenvalue weighted by atomic mass is 17.2. The third-order valence-corrected chi connectivity index (χ3v) is 6.93. The molecule has 4 aromatic rings. The Bertz CT molecular complexity index is 1460. The molecule has 0 saturated heterocycles. The molecule has 0 amide bonds. The predicted molar refractivity (Wildman–Crippen MR) is 151 cm³/mol. The molecule has 5 nitrogen and oxygen atoms in total. The molecule has 5 rings (SSSR count). The van der Waals surface area contributed by atoms with Gasteiger partial charge in [-0.15, -0.1) is 0 Å². The van der Waals surface area contributed by atoms with Crippen LogP contribution in [0.5, 0.6) is 11.5 Å². The number of carbonyl (C=O) groups excluding carboxylic acids is 2. The van der Waals surface area contributed by atoms with Gasteiger partial charge in [0.1, 0.15) is 5.75 Å². The van der Waals surface area contributed by atoms with E-state index in [9.17, 15) is 9.59 Å². The van der Waals surface area contributed by atoms with Crippen LogP contribution in [-0.2, 0) is 19.9 Å². The molecule has 0 fully saturated rings. The Kier molecular flexibility index (Phi) is 6.90. The van der Waals surface area contributed by atoms with Crippen LogP contribution in [0.25, 0.3) is 11.1 Å². The van der Waals surface area contributed by atoms with Gasteiger partial charge >= 0.3 is 5.97 Å². The van der Waals surface area contributed by atoms with Crippen molar-refractivity contribution in [3.8, 4) is 22.6 Å². The van der Waals surface area contributed by atoms with Crippen molar-refractivity contribution in [1.82, 2.24) is 0 Å². The number of hydrogen-bond acceptors (Lipinski definition) is 5. The summed E-state index contributed by atoms with van der Waals surface area (Å²) < 4.78 is 5.73. The van der Waals surface area contributed by atoms with Crippen molar-refractivity contribution in [1.29, 1.82) is 0 Å². The van der Waals surface area contributed by atoms with Crippen molar-refractivity contribution >= 4 is 11.8 Å². The van der Waals surface area contributed by atoms with Crippen molar-refractivity contribution in [2.45, 2.75) is 19.3 Å². The Morgan fingerprint density at radius 3 is 1.64 bits per heavy atom. The van der Waals surface area contributed by atoms with E-state index in [2.05, 4.69) is 49.6 Å². The third-order valence-electron chi connectivity index (χ3n) is 6.93. The summed E-state index contributed by atoms with van der Waals surface area (Å²) in [7, 11) is 0. The molecule has 0 spiro atoms. The molecule has 39 heavy (non-hydrogen) atoms. The second kappa shape index (κ2) is 10.5. The fourth-order valence-electron chi connectivity index (χ4n) is 5.01. The molecular formula is C34H28O5. The number of ketones is 1. The van der Waals surface area contributed by atoms with Crippen LogP contribution in [0.2, 0.25) is 0 Å². The van der Waals surface area contributed by atoms with Crippen molar-refractivity contribution in [2.24, 2.45) is 0 Å². The highest BCUT2D eigenvalue weighted by Crippen LogP contribution is 2.56. The number of hydrogen-bond donors (Lipinski definition) is 0. The molecule has 0 heterocycles. The Balaban J connectivity index is 1.60. The van der Waals surface area contributed by atoms with E-state index in [1.165, 1.54) is 0 Å². The average molecular weight is 517 g/mol. The monoisotopic (exact) mass is 516 g/mol. The lowest BCUT2D eigenvalue weighted by Crippen LogP contribution is -2.28. The second-order valence-electron chi connectivity index (χ2n) is 9.62. The summed E-state index contributed by atoms with van der Waals surface area (Å²) in [4.78, 5) is 33.9. The van der Waals surface area contributed by atoms with E-state index in [0.29, 0.717) is 17.1 Å². The quantitative estimate of drug-likeness (QED) is 0.120. The molecule has 194 valence electrons. The Morgan fingerprint density at radius 2 is 1.15 bits per heavy atom. The average Bonchev–Trinajstić information content (AvgIpc) is 3.26. The van der Waals surface area contributed by atoms with E-state index in [0.717, 1.165) is 33.4 Å². The number of rotatable bonds is 9. The first-order valence-corrected chi connectivity index (χ1v) is 12.6. The molecule has 1 aliphatic rings. The first-order chi connectivity index (χ1) is 18.8. The lowest BCUT2D eigenvalue weighted by atomic mass is 9.68. The fourth-order valence-corrected chi connectivity index (χ4v) is 5.01. The van der Waals surface area contributed by atoms with Crippen molar-refractivity contribution in [3.63, 3.8) is 0 Å². The zero-order valence-electron chi connectivity index (χ0n) is 21.9. The molecule has 5 heteroatoms. The Hall–Kier alpha value is -4.90. The van der Waals surface area contributed by atoms with Gasteiger partial charge in [-0.2, -0.15) is 0 Å². The summed E-state index contributed by atoms with van der Waals surface area (Å²) in [5.41, 5.74) is 6.79. The molecule has 0 aliphatic heterocycles. The highest BCUT2D eigenvalue weighted by Gasteiger charge is 2.45. The fraction of sp³-hybridized carbons (Fsp3) is 0.118. The van der Waals surface area contributed by atoms with Gasteiger partial charge < -0.3 is 4.74 Å². The van der Waals surface area contributed by atoms with Crippen LogP contribution >= 0.6 is 0 Å². The van der Waals surface area contributed by atoms with E-state index in [4.69, 9.17) is 14.5 Å². The van der Waals surface area contributed by atoms with Crippen LogP contribution < -0.4 is 9.62 Å². The zero-order chi connectivity index (χ0) is 27.6. The number of fused-ring (bicyclic) bond motifs is 3. The van der Waals surface area contributed by atoms with Crippen LogP contribution in [0, 0.1) is 0 Å². The predicted octanol–water partition coefficient (Wildman–Crippen LogP) is 6.99. The zero-order valence-corrected chi connectivity index (χ0v) is 21.9. The summed E-state index contributed by atoms with van der Waals surface area (Å²) in [5, 5.41) is 0. The Morgan fingerprint density at radius 1 is 0.667 bits per heavy atom. The maximum absolute atomic E-state index is 12.0. The van der Waals surface area contributed by atoms with Gasteiger partial charge in [0.2, 0.25) is 0 Å². The van der Waals surface area contributed by atoms with Gasteiger partial charge in [0.15, 0.2) is 18.1 Å². The van der Waals surface area contributed by atoms with Gasteiger partial charge in [-0.25, -0.2) is 9.68 Å². The van der Waals surface area contributed by atoms with E-state index in [1.807, 2.05) is 48.5 Å². The van der Waals surface area contributed by atoms with Crippen molar-refractivity contribution in [3.05, 3.63) is 144 Å². The van der Waals surface area contributed by atoms with Crippen molar-refractivity contribution < 1.29 is 24.1 Å². The van der Waals surface area contributed by atoms with Crippen LogP contribution in [-0.4, -0.2) is 18.4 Å². The molecule has 0 N–H and O–H groups in total. The lowest BCUT2D eigenvalue weighted by Gasteiger charge is -2.34. The maximum Gasteiger partial charge on any atom is 0.381 e. The van der Waals surface area contributed by atoms with Gasteiger partial charge in [-0.05, 0) is 77.1 Å². The summed E-state index contributed by atoms with van der Waals surface area (Å²) in [6.07, 6.45) is 0. The summed E-state index contributed by atoms with van der Waals surface area (Å²) >= 11 is 0. The van der Waals surface area contributed by atoms with E-state index < -0.39 is 11.4 Å². The molecular weight excluding hydrogens is 488 g/mol. The first-order valence-electron chi connectivity index (χ1n) is 12.6. The van der Waals surface area contributed by atoms with Gasteiger partial charge in [0, 0.05) is 5.57 Å². The van der Waals surface area contributed by atoms with Crippen LogP contribution in [0.1, 0.15) is 36.1 Å². The largest absolute Gasteiger partial charge is 0.485 e. The first kappa shape index (κ1) is 25.7. The van der Waals surface area contributed by atoms with Gasteiger partial charge in [-0.3, -0.25) is 9.68 Å². The molecule has 0 saturated carbocycles. The van der Waals surface area contributed by atoms with Crippen LogP contribution in [0.4, 0.5) is 0 Å². The van der Waals surface area contributed by atoms with E-state index in [1.54, 1.807) is 26.0 Å². The smallest absolute Gasteiger partial charge is 0.381 e. The second-order valence-corrected chi connectivity index (χ2v) is 9.62. The van der Waals surface area contributed by atoms with Crippen LogP contribution in [0.15, 0.2) is 121 Å². The SMILES string of the molecule is C=C(C)C(=O)COc1ccc(C2(c3ccc(OOC(=O)C(=C)C)cc3)c3ccccc3-c3ccccc32)cc1. The van der Waals surface area contributed by atoms with Crippen LogP contribution in [0.3, 0.4) is 0 Å². The minimum Gasteiger partial charge on any atom is -0.485 e. The molecule has 0 unspecified atom stereocenters. The molecule has 0 bridgehead atoms. The van der Waals surface area contributed by atoms with Gasteiger partial charge in [0.05, 0.1) is 5.41 Å². The number of ether oxygens (including phenoxy) is 1. The summed E-state index contributed by atoms with van der Waals surface area (Å²) in [6, 6.07) is 32.2. The summed E-state index contributed by atoms with van der Waals surface area (Å²) in [6.45, 7) is 10.4. The third kappa shape index (κ3) is 4.64. The minimum absolute atomic E-state index is 0.0527. The number of benzene rings is 4. The standard InChI is InChI=1S/C34H28O5/c1-22(2)32(35)21-37-26-17-13-24(14-18-26)34(25-15-19-27(20-16-25)38-39-33(36)23(3)4)30-11-7-5-9-28(30)29-10-6-8-12-31(29)34/h5-20H,1,3,21H2,2,4H3.